The van der Waals surface area contributed by atoms with E-state index in [1.165, 1.54) is 32.5 Å². The molecular weight excluding hydrogens is 236 g/mol. The lowest BCUT2D eigenvalue weighted by molar-refractivity contribution is 0.183. The summed E-state index contributed by atoms with van der Waals surface area (Å²) in [6.07, 6.45) is 2.33. The Hall–Kier alpha value is -1.35. The molecule has 1 aromatic heterocycles. The van der Waals surface area contributed by atoms with Crippen molar-refractivity contribution in [2.75, 3.05) is 19.6 Å². The maximum Gasteiger partial charge on any atom is 0.198 e. The lowest BCUT2D eigenvalue weighted by Gasteiger charge is -2.31. The molecule has 0 N–H and O–H groups in total. The molecule has 3 heteroatoms. The van der Waals surface area contributed by atoms with E-state index in [2.05, 4.69) is 23.7 Å². The molecule has 3 nitrogen and oxygen atoms in total. The van der Waals surface area contributed by atoms with Gasteiger partial charge in [0.25, 0.3) is 0 Å². The smallest absolute Gasteiger partial charge is 0.198 e. The van der Waals surface area contributed by atoms with E-state index in [4.69, 9.17) is 4.42 Å². The highest BCUT2D eigenvalue weighted by molar-refractivity contribution is 5.72. The van der Waals surface area contributed by atoms with Crippen molar-refractivity contribution in [3.05, 3.63) is 30.2 Å². The van der Waals surface area contributed by atoms with Gasteiger partial charge in [0, 0.05) is 12.5 Å². The number of hydrogen-bond donors (Lipinski definition) is 0. The molecule has 102 valence electrons. The number of piperidine rings is 1. The summed E-state index contributed by atoms with van der Waals surface area (Å²) in [5, 5.41) is 0. The molecule has 1 aromatic carbocycles. The molecule has 0 unspecified atom stereocenters. The van der Waals surface area contributed by atoms with Gasteiger partial charge in [-0.05, 0) is 44.0 Å². The molecule has 0 atom stereocenters. The first kappa shape index (κ1) is 12.7. The molecule has 19 heavy (non-hydrogen) atoms. The van der Waals surface area contributed by atoms with E-state index in [-0.39, 0.29) is 0 Å². The number of para-hydroxylation sites is 2. The fourth-order valence-corrected chi connectivity index (χ4v) is 2.94. The fraction of sp³-hybridized carbons (Fsp3) is 0.562. The minimum absolute atomic E-state index is 0.496. The zero-order chi connectivity index (χ0) is 13.2. The molecule has 0 aliphatic carbocycles. The van der Waals surface area contributed by atoms with Gasteiger partial charge in [-0.3, -0.25) is 0 Å². The van der Waals surface area contributed by atoms with Crippen LogP contribution < -0.4 is 0 Å². The quantitative estimate of drug-likeness (QED) is 0.841. The number of hydrogen-bond acceptors (Lipinski definition) is 3. The highest BCUT2D eigenvalue weighted by Gasteiger charge is 2.24. The average Bonchev–Trinajstić information content (AvgIpc) is 2.82. The lowest BCUT2D eigenvalue weighted by Crippen LogP contribution is -2.35. The van der Waals surface area contributed by atoms with Gasteiger partial charge in [0.15, 0.2) is 11.5 Å². The van der Waals surface area contributed by atoms with Crippen LogP contribution in [0.3, 0.4) is 0 Å². The standard InChI is InChI=1S/C16H22N2O/c1-12(2)11-18-9-7-13(8-10-18)16-17-14-5-3-4-6-15(14)19-16/h3-6,12-13H,7-11H2,1-2H3. The Morgan fingerprint density at radius 3 is 2.68 bits per heavy atom. The fourth-order valence-electron chi connectivity index (χ4n) is 2.94. The maximum atomic E-state index is 5.89. The minimum atomic E-state index is 0.496. The van der Waals surface area contributed by atoms with Crippen molar-refractivity contribution in [1.82, 2.24) is 9.88 Å². The van der Waals surface area contributed by atoms with Crippen LogP contribution in [-0.4, -0.2) is 29.5 Å². The Balaban J connectivity index is 1.68. The van der Waals surface area contributed by atoms with Crippen molar-refractivity contribution in [3.8, 4) is 0 Å². The Kier molecular flexibility index (Phi) is 3.56. The van der Waals surface area contributed by atoms with Crippen LogP contribution in [0.4, 0.5) is 0 Å². The zero-order valence-electron chi connectivity index (χ0n) is 11.8. The summed E-state index contributed by atoms with van der Waals surface area (Å²) in [7, 11) is 0. The molecule has 0 amide bonds. The summed E-state index contributed by atoms with van der Waals surface area (Å²) in [6.45, 7) is 8.11. The first-order valence-corrected chi connectivity index (χ1v) is 7.30. The minimum Gasteiger partial charge on any atom is -0.440 e. The molecule has 1 aliphatic heterocycles. The van der Waals surface area contributed by atoms with Gasteiger partial charge < -0.3 is 9.32 Å². The van der Waals surface area contributed by atoms with Gasteiger partial charge >= 0.3 is 0 Å². The number of rotatable bonds is 3. The molecule has 0 radical (unpaired) electrons. The summed E-state index contributed by atoms with van der Waals surface area (Å²) in [5.74, 6) is 2.18. The first-order valence-electron chi connectivity index (χ1n) is 7.30. The summed E-state index contributed by atoms with van der Waals surface area (Å²) < 4.78 is 5.89. The molecule has 3 rings (SSSR count). The van der Waals surface area contributed by atoms with Crippen molar-refractivity contribution in [3.63, 3.8) is 0 Å². The van der Waals surface area contributed by atoms with E-state index in [9.17, 15) is 0 Å². The Bertz CT molecular complexity index is 505. The van der Waals surface area contributed by atoms with Crippen LogP contribution in [0.15, 0.2) is 28.7 Å². The summed E-state index contributed by atoms with van der Waals surface area (Å²) in [6, 6.07) is 8.04. The van der Waals surface area contributed by atoms with Crippen molar-refractivity contribution >= 4 is 11.1 Å². The van der Waals surface area contributed by atoms with E-state index in [1.807, 2.05) is 24.3 Å². The summed E-state index contributed by atoms with van der Waals surface area (Å²) in [4.78, 5) is 7.20. The predicted molar refractivity (Wildman–Crippen MR) is 77.3 cm³/mol. The monoisotopic (exact) mass is 258 g/mol. The van der Waals surface area contributed by atoms with Crippen molar-refractivity contribution < 1.29 is 4.42 Å². The lowest BCUT2D eigenvalue weighted by atomic mass is 9.96. The second kappa shape index (κ2) is 5.33. The third-order valence-electron chi connectivity index (χ3n) is 3.87. The molecule has 0 spiro atoms. The third-order valence-corrected chi connectivity index (χ3v) is 3.87. The molecular formula is C16H22N2O. The number of fused-ring (bicyclic) bond motifs is 1. The molecule has 0 bridgehead atoms. The van der Waals surface area contributed by atoms with Crippen LogP contribution in [0.5, 0.6) is 0 Å². The molecule has 1 aliphatic rings. The van der Waals surface area contributed by atoms with E-state index in [0.717, 1.165) is 22.9 Å². The van der Waals surface area contributed by atoms with Gasteiger partial charge in [-0.25, -0.2) is 4.98 Å². The zero-order valence-corrected chi connectivity index (χ0v) is 11.8. The van der Waals surface area contributed by atoms with Crippen LogP contribution >= 0.6 is 0 Å². The third kappa shape index (κ3) is 2.81. The largest absolute Gasteiger partial charge is 0.440 e. The van der Waals surface area contributed by atoms with Gasteiger partial charge in [-0.2, -0.15) is 0 Å². The Morgan fingerprint density at radius 2 is 2.00 bits per heavy atom. The van der Waals surface area contributed by atoms with Gasteiger partial charge in [0.1, 0.15) is 5.52 Å². The van der Waals surface area contributed by atoms with E-state index in [1.54, 1.807) is 0 Å². The second-order valence-electron chi connectivity index (χ2n) is 5.99. The van der Waals surface area contributed by atoms with Gasteiger partial charge in [-0.1, -0.05) is 26.0 Å². The van der Waals surface area contributed by atoms with Crippen LogP contribution in [0.2, 0.25) is 0 Å². The Morgan fingerprint density at radius 1 is 1.26 bits per heavy atom. The van der Waals surface area contributed by atoms with Gasteiger partial charge in [0.2, 0.25) is 0 Å². The number of nitrogens with zero attached hydrogens (tertiary/aromatic N) is 2. The molecule has 1 saturated heterocycles. The molecule has 2 heterocycles. The van der Waals surface area contributed by atoms with Gasteiger partial charge in [-0.15, -0.1) is 0 Å². The highest BCUT2D eigenvalue weighted by Crippen LogP contribution is 2.29. The van der Waals surface area contributed by atoms with E-state index < -0.39 is 0 Å². The van der Waals surface area contributed by atoms with E-state index >= 15 is 0 Å². The average molecular weight is 258 g/mol. The van der Waals surface area contributed by atoms with Crippen molar-refractivity contribution in [1.29, 1.82) is 0 Å². The highest BCUT2D eigenvalue weighted by atomic mass is 16.3. The normalized spacial score (nSPS) is 18.5. The number of benzene rings is 1. The van der Waals surface area contributed by atoms with Crippen LogP contribution in [-0.2, 0) is 0 Å². The summed E-state index contributed by atoms with van der Waals surface area (Å²) in [5.41, 5.74) is 1.91. The van der Waals surface area contributed by atoms with Crippen LogP contribution in [0, 0.1) is 5.92 Å². The molecule has 1 fully saturated rings. The van der Waals surface area contributed by atoms with Crippen molar-refractivity contribution in [2.45, 2.75) is 32.6 Å². The van der Waals surface area contributed by atoms with E-state index in [0.29, 0.717) is 5.92 Å². The Labute approximate surface area is 114 Å². The van der Waals surface area contributed by atoms with Crippen LogP contribution in [0.1, 0.15) is 38.5 Å². The number of likely N-dealkylation sites (tertiary alicyclic amines) is 1. The van der Waals surface area contributed by atoms with Crippen LogP contribution in [0.25, 0.3) is 11.1 Å². The number of oxazole rings is 1. The molecule has 0 saturated carbocycles. The van der Waals surface area contributed by atoms with Gasteiger partial charge in [0.05, 0.1) is 0 Å². The van der Waals surface area contributed by atoms with Crippen molar-refractivity contribution in [2.24, 2.45) is 5.92 Å². The summed E-state index contributed by atoms with van der Waals surface area (Å²) >= 11 is 0. The SMILES string of the molecule is CC(C)CN1CCC(c2nc3ccccc3o2)CC1. The molecule has 2 aromatic rings. The first-order chi connectivity index (χ1) is 9.22. The maximum absolute atomic E-state index is 5.89. The second-order valence-corrected chi connectivity index (χ2v) is 5.99. The topological polar surface area (TPSA) is 29.3 Å². The predicted octanol–water partition coefficient (Wildman–Crippen LogP) is 3.66. The number of aromatic nitrogens is 1.